The molecule has 0 spiro atoms. The molecular formula is C16H21N5. The van der Waals surface area contributed by atoms with Crippen LogP contribution in [0, 0.1) is 6.92 Å². The molecule has 110 valence electrons. The molecule has 3 rings (SSSR count). The first kappa shape index (κ1) is 13.8. The zero-order valence-electron chi connectivity index (χ0n) is 12.6. The first-order chi connectivity index (χ1) is 10.1. The third-order valence-electron chi connectivity index (χ3n) is 4.04. The Labute approximate surface area is 125 Å². The maximum atomic E-state index is 6.12. The smallest absolute Gasteiger partial charge is 0.129 e. The molecule has 2 N–H and O–H groups in total. The summed E-state index contributed by atoms with van der Waals surface area (Å²) in [5.74, 6) is 0.996. The minimum Gasteiger partial charge on any atom is -0.397 e. The van der Waals surface area contributed by atoms with Crippen LogP contribution < -0.4 is 10.6 Å². The topological polar surface area (TPSA) is 58.3 Å². The summed E-state index contributed by atoms with van der Waals surface area (Å²) in [5.41, 5.74) is 9.90. The minimum atomic E-state index is 0.698. The average Bonchev–Trinajstić information content (AvgIpc) is 2.50. The van der Waals surface area contributed by atoms with Crippen molar-refractivity contribution in [3.05, 3.63) is 36.3 Å². The number of aryl methyl sites for hydroxylation is 1. The molecule has 0 bridgehead atoms. The van der Waals surface area contributed by atoms with Crippen LogP contribution in [-0.2, 0) is 0 Å². The number of likely N-dealkylation sites (N-methyl/N-ethyl adjacent to an activating group) is 1. The van der Waals surface area contributed by atoms with Gasteiger partial charge in [-0.3, -0.25) is 4.98 Å². The molecule has 0 saturated carbocycles. The van der Waals surface area contributed by atoms with Crippen LogP contribution in [0.1, 0.15) is 5.69 Å². The van der Waals surface area contributed by atoms with Crippen molar-refractivity contribution in [3.8, 4) is 11.1 Å². The molecule has 0 atom stereocenters. The van der Waals surface area contributed by atoms with Crippen LogP contribution in [0.4, 0.5) is 11.5 Å². The molecule has 0 radical (unpaired) electrons. The largest absolute Gasteiger partial charge is 0.397 e. The number of hydrogen-bond acceptors (Lipinski definition) is 5. The maximum absolute atomic E-state index is 6.12. The number of hydrogen-bond donors (Lipinski definition) is 1. The number of nitrogen functional groups attached to an aromatic ring is 1. The molecule has 1 aliphatic heterocycles. The standard InChI is InChI=1S/C16H21N5/c1-12-13(4-3-5-18-12)14-10-16(19-11-15(14)17)21-8-6-20(2)7-9-21/h3-5,10-11H,6-9,17H2,1-2H3. The SMILES string of the molecule is Cc1ncccc1-c1cc(N2CCN(C)CC2)ncc1N. The van der Waals surface area contributed by atoms with Gasteiger partial charge in [0.2, 0.25) is 0 Å². The van der Waals surface area contributed by atoms with Crippen molar-refractivity contribution in [1.29, 1.82) is 0 Å². The van der Waals surface area contributed by atoms with Crippen molar-refractivity contribution < 1.29 is 0 Å². The number of nitrogens with two attached hydrogens (primary N) is 1. The van der Waals surface area contributed by atoms with E-state index in [1.165, 1.54) is 0 Å². The maximum Gasteiger partial charge on any atom is 0.129 e. The summed E-state index contributed by atoms with van der Waals surface area (Å²) >= 11 is 0. The minimum absolute atomic E-state index is 0.698. The van der Waals surface area contributed by atoms with E-state index in [9.17, 15) is 0 Å². The molecule has 2 aromatic heterocycles. The van der Waals surface area contributed by atoms with E-state index in [1.54, 1.807) is 12.4 Å². The average molecular weight is 283 g/mol. The van der Waals surface area contributed by atoms with E-state index in [0.29, 0.717) is 5.69 Å². The molecule has 0 aliphatic carbocycles. The van der Waals surface area contributed by atoms with Gasteiger partial charge < -0.3 is 15.5 Å². The Kier molecular flexibility index (Phi) is 3.75. The number of nitrogens with zero attached hydrogens (tertiary/aromatic N) is 4. The Morgan fingerprint density at radius 1 is 1.10 bits per heavy atom. The second-order valence-electron chi connectivity index (χ2n) is 5.56. The predicted molar refractivity (Wildman–Crippen MR) is 86.3 cm³/mol. The van der Waals surface area contributed by atoms with Crippen molar-refractivity contribution in [1.82, 2.24) is 14.9 Å². The van der Waals surface area contributed by atoms with Gasteiger partial charge in [0.1, 0.15) is 5.82 Å². The van der Waals surface area contributed by atoms with E-state index in [1.807, 2.05) is 13.0 Å². The van der Waals surface area contributed by atoms with E-state index < -0.39 is 0 Å². The van der Waals surface area contributed by atoms with Gasteiger partial charge in [-0.25, -0.2) is 4.98 Å². The lowest BCUT2D eigenvalue weighted by atomic mass is 10.0. The van der Waals surface area contributed by atoms with E-state index in [2.05, 4.69) is 38.9 Å². The van der Waals surface area contributed by atoms with Crippen LogP contribution in [0.2, 0.25) is 0 Å². The number of aromatic nitrogens is 2. The highest BCUT2D eigenvalue weighted by molar-refractivity contribution is 5.79. The Balaban J connectivity index is 1.95. The van der Waals surface area contributed by atoms with Gasteiger partial charge in [0.05, 0.1) is 11.9 Å². The highest BCUT2D eigenvalue weighted by atomic mass is 15.3. The Morgan fingerprint density at radius 2 is 1.86 bits per heavy atom. The van der Waals surface area contributed by atoms with Gasteiger partial charge in [-0.2, -0.15) is 0 Å². The molecule has 0 aromatic carbocycles. The highest BCUT2D eigenvalue weighted by Gasteiger charge is 2.17. The molecular weight excluding hydrogens is 262 g/mol. The number of anilines is 2. The normalized spacial score (nSPS) is 16.2. The zero-order valence-corrected chi connectivity index (χ0v) is 12.6. The van der Waals surface area contributed by atoms with Crippen LogP contribution in [-0.4, -0.2) is 48.1 Å². The zero-order chi connectivity index (χ0) is 14.8. The Bertz CT molecular complexity index is 632. The molecule has 5 heteroatoms. The van der Waals surface area contributed by atoms with Crippen molar-refractivity contribution >= 4 is 11.5 Å². The summed E-state index contributed by atoms with van der Waals surface area (Å²) in [6.07, 6.45) is 3.56. The summed E-state index contributed by atoms with van der Waals surface area (Å²) in [6.45, 7) is 6.13. The molecule has 1 aliphatic rings. The van der Waals surface area contributed by atoms with Crippen LogP contribution >= 0.6 is 0 Å². The fraction of sp³-hybridized carbons (Fsp3) is 0.375. The molecule has 0 unspecified atom stereocenters. The summed E-state index contributed by atoms with van der Waals surface area (Å²) < 4.78 is 0. The third kappa shape index (κ3) is 2.83. The molecule has 0 amide bonds. The molecule has 3 heterocycles. The first-order valence-corrected chi connectivity index (χ1v) is 7.26. The highest BCUT2D eigenvalue weighted by Crippen LogP contribution is 2.30. The number of pyridine rings is 2. The second-order valence-corrected chi connectivity index (χ2v) is 5.56. The third-order valence-corrected chi connectivity index (χ3v) is 4.04. The van der Waals surface area contributed by atoms with E-state index >= 15 is 0 Å². The fourth-order valence-electron chi connectivity index (χ4n) is 2.67. The Hall–Kier alpha value is -2.14. The fourth-order valence-corrected chi connectivity index (χ4v) is 2.67. The van der Waals surface area contributed by atoms with E-state index in [4.69, 9.17) is 5.73 Å². The van der Waals surface area contributed by atoms with E-state index in [0.717, 1.165) is 48.8 Å². The molecule has 21 heavy (non-hydrogen) atoms. The van der Waals surface area contributed by atoms with Crippen LogP contribution in [0.5, 0.6) is 0 Å². The van der Waals surface area contributed by atoms with Gasteiger partial charge in [0.15, 0.2) is 0 Å². The summed E-state index contributed by atoms with van der Waals surface area (Å²) in [4.78, 5) is 13.5. The monoisotopic (exact) mass is 283 g/mol. The van der Waals surface area contributed by atoms with Gasteiger partial charge in [-0.15, -0.1) is 0 Å². The lowest BCUT2D eigenvalue weighted by Gasteiger charge is -2.33. The quantitative estimate of drug-likeness (QED) is 0.910. The predicted octanol–water partition coefficient (Wildman–Crippen LogP) is 1.79. The molecule has 2 aromatic rings. The molecule has 1 saturated heterocycles. The van der Waals surface area contributed by atoms with Crippen LogP contribution in [0.15, 0.2) is 30.6 Å². The van der Waals surface area contributed by atoms with Gasteiger partial charge in [-0.05, 0) is 26.1 Å². The lowest BCUT2D eigenvalue weighted by Crippen LogP contribution is -2.44. The molecule has 5 nitrogen and oxygen atoms in total. The summed E-state index contributed by atoms with van der Waals surface area (Å²) in [7, 11) is 2.15. The number of piperazine rings is 1. The van der Waals surface area contributed by atoms with Crippen molar-refractivity contribution in [2.75, 3.05) is 43.9 Å². The van der Waals surface area contributed by atoms with Crippen LogP contribution in [0.25, 0.3) is 11.1 Å². The van der Waals surface area contributed by atoms with Gasteiger partial charge in [0, 0.05) is 49.2 Å². The van der Waals surface area contributed by atoms with E-state index in [-0.39, 0.29) is 0 Å². The van der Waals surface area contributed by atoms with Gasteiger partial charge in [-0.1, -0.05) is 6.07 Å². The van der Waals surface area contributed by atoms with Crippen molar-refractivity contribution in [3.63, 3.8) is 0 Å². The van der Waals surface area contributed by atoms with Crippen molar-refractivity contribution in [2.45, 2.75) is 6.92 Å². The lowest BCUT2D eigenvalue weighted by molar-refractivity contribution is 0.312. The van der Waals surface area contributed by atoms with Gasteiger partial charge >= 0.3 is 0 Å². The molecule has 1 fully saturated rings. The first-order valence-electron chi connectivity index (χ1n) is 7.26. The summed E-state index contributed by atoms with van der Waals surface area (Å²) in [5, 5.41) is 0. The van der Waals surface area contributed by atoms with Gasteiger partial charge in [0.25, 0.3) is 0 Å². The Morgan fingerprint density at radius 3 is 2.57 bits per heavy atom. The second kappa shape index (κ2) is 5.69. The summed E-state index contributed by atoms with van der Waals surface area (Å²) in [6, 6.07) is 6.09. The van der Waals surface area contributed by atoms with Crippen molar-refractivity contribution in [2.24, 2.45) is 0 Å². The number of rotatable bonds is 2. The van der Waals surface area contributed by atoms with Crippen LogP contribution in [0.3, 0.4) is 0 Å².